The Labute approximate surface area is 158 Å². The van der Waals surface area contributed by atoms with E-state index in [4.69, 9.17) is 0 Å². The van der Waals surface area contributed by atoms with E-state index in [-0.39, 0.29) is 11.7 Å². The Morgan fingerprint density at radius 3 is 1.96 bits per heavy atom. The number of Topliss-reactive ketones (excluding diaryl/α,β-unsaturated/α-hetero) is 1. The molecular formula is C22H19O2PS. The summed E-state index contributed by atoms with van der Waals surface area (Å²) in [6.07, 6.45) is 0.376. The quantitative estimate of drug-likeness (QED) is 0.622. The summed E-state index contributed by atoms with van der Waals surface area (Å²) in [4.78, 5) is 14.1. The van der Waals surface area contributed by atoms with Crippen LogP contribution in [0, 0.1) is 5.92 Å². The Morgan fingerprint density at radius 2 is 1.35 bits per heavy atom. The highest BCUT2D eigenvalue weighted by Gasteiger charge is 2.36. The molecule has 26 heavy (non-hydrogen) atoms. The molecule has 4 rings (SSSR count). The molecule has 0 saturated carbocycles. The van der Waals surface area contributed by atoms with Crippen LogP contribution in [0.4, 0.5) is 0 Å². The van der Waals surface area contributed by atoms with Crippen LogP contribution >= 0.6 is 18.9 Å². The van der Waals surface area contributed by atoms with Crippen LogP contribution in [-0.4, -0.2) is 17.7 Å². The van der Waals surface area contributed by atoms with Gasteiger partial charge in [0, 0.05) is 38.9 Å². The number of hydrogen-bond acceptors (Lipinski definition) is 3. The first kappa shape index (κ1) is 17.3. The Hall–Kier alpha value is -2.09. The molecule has 1 aliphatic heterocycles. The maximum atomic E-state index is 14.2. The largest absolute Gasteiger partial charge is 0.314 e. The van der Waals surface area contributed by atoms with Gasteiger partial charge < -0.3 is 4.57 Å². The lowest BCUT2D eigenvalue weighted by Gasteiger charge is -2.27. The number of fused-ring (bicyclic) bond motifs is 1. The summed E-state index contributed by atoms with van der Waals surface area (Å²) in [6, 6.07) is 26.9. The second-order valence-corrected chi connectivity index (χ2v) is 10.4. The molecule has 1 unspecified atom stereocenters. The van der Waals surface area contributed by atoms with Gasteiger partial charge >= 0.3 is 0 Å². The predicted octanol–water partition coefficient (Wildman–Crippen LogP) is 4.61. The fourth-order valence-electron chi connectivity index (χ4n) is 3.43. The van der Waals surface area contributed by atoms with Crippen molar-refractivity contribution in [3.8, 4) is 0 Å². The Kier molecular flexibility index (Phi) is 4.84. The molecular weight excluding hydrogens is 359 g/mol. The molecule has 0 fully saturated rings. The molecule has 0 aliphatic carbocycles. The minimum Gasteiger partial charge on any atom is -0.314 e. The van der Waals surface area contributed by atoms with E-state index in [1.165, 1.54) is 0 Å². The third-order valence-electron chi connectivity index (χ3n) is 4.79. The van der Waals surface area contributed by atoms with Crippen molar-refractivity contribution in [1.82, 2.24) is 0 Å². The van der Waals surface area contributed by atoms with Gasteiger partial charge in [0.15, 0.2) is 5.78 Å². The van der Waals surface area contributed by atoms with E-state index in [9.17, 15) is 9.36 Å². The highest BCUT2D eigenvalue weighted by molar-refractivity contribution is 7.99. The molecule has 130 valence electrons. The summed E-state index contributed by atoms with van der Waals surface area (Å²) in [7, 11) is -2.88. The zero-order chi connectivity index (χ0) is 18.0. The van der Waals surface area contributed by atoms with Gasteiger partial charge in [-0.1, -0.05) is 78.9 Å². The number of rotatable bonds is 4. The average molecular weight is 378 g/mol. The monoisotopic (exact) mass is 378 g/mol. The lowest BCUT2D eigenvalue weighted by Crippen LogP contribution is -2.30. The first-order valence-electron chi connectivity index (χ1n) is 8.65. The van der Waals surface area contributed by atoms with Crippen molar-refractivity contribution >= 4 is 35.3 Å². The van der Waals surface area contributed by atoms with Crippen LogP contribution in [0.5, 0.6) is 0 Å². The number of ketones is 1. The molecule has 3 aromatic carbocycles. The molecule has 0 saturated heterocycles. The Balaban J connectivity index is 1.73. The minimum absolute atomic E-state index is 0.117. The zero-order valence-corrected chi connectivity index (χ0v) is 16.0. The van der Waals surface area contributed by atoms with Crippen LogP contribution in [0.15, 0.2) is 89.8 Å². The molecule has 1 aliphatic rings. The molecule has 1 atom stereocenters. The maximum absolute atomic E-state index is 14.2. The maximum Gasteiger partial charge on any atom is 0.168 e. The molecule has 2 nitrogen and oxygen atoms in total. The molecule has 0 bridgehead atoms. The third kappa shape index (κ3) is 3.18. The van der Waals surface area contributed by atoms with Gasteiger partial charge in [-0.25, -0.2) is 0 Å². The lowest BCUT2D eigenvalue weighted by molar-refractivity contribution is 0.0937. The van der Waals surface area contributed by atoms with Crippen molar-refractivity contribution in [1.29, 1.82) is 0 Å². The summed E-state index contributed by atoms with van der Waals surface area (Å²) >= 11 is 1.69. The number of benzene rings is 3. The van der Waals surface area contributed by atoms with E-state index in [1.807, 2.05) is 84.9 Å². The molecule has 4 heteroatoms. The van der Waals surface area contributed by atoms with Crippen LogP contribution in [0.2, 0.25) is 0 Å². The summed E-state index contributed by atoms with van der Waals surface area (Å²) in [5.41, 5.74) is 0.765. The van der Waals surface area contributed by atoms with Crippen LogP contribution in [0.3, 0.4) is 0 Å². The van der Waals surface area contributed by atoms with Crippen molar-refractivity contribution in [3.05, 3.63) is 90.5 Å². The number of thioether (sulfide) groups is 1. The molecule has 0 amide bonds. The van der Waals surface area contributed by atoms with E-state index in [0.29, 0.717) is 11.9 Å². The van der Waals surface area contributed by atoms with E-state index < -0.39 is 7.14 Å². The van der Waals surface area contributed by atoms with Gasteiger partial charge in [-0.2, -0.15) is 0 Å². The van der Waals surface area contributed by atoms with E-state index in [1.54, 1.807) is 11.8 Å². The van der Waals surface area contributed by atoms with Crippen LogP contribution < -0.4 is 10.6 Å². The molecule has 3 aromatic rings. The third-order valence-corrected chi connectivity index (χ3v) is 9.24. The van der Waals surface area contributed by atoms with Crippen molar-refractivity contribution in [2.45, 2.75) is 4.90 Å². The van der Waals surface area contributed by atoms with Crippen LogP contribution in [-0.2, 0) is 4.57 Å². The fourth-order valence-corrected chi connectivity index (χ4v) is 7.69. The highest BCUT2D eigenvalue weighted by Crippen LogP contribution is 2.47. The van der Waals surface area contributed by atoms with Gasteiger partial charge in [-0.3, -0.25) is 4.79 Å². The lowest BCUT2D eigenvalue weighted by atomic mass is 10.0. The van der Waals surface area contributed by atoms with Crippen molar-refractivity contribution in [3.63, 3.8) is 0 Å². The minimum atomic E-state index is -2.88. The van der Waals surface area contributed by atoms with E-state index >= 15 is 0 Å². The zero-order valence-electron chi connectivity index (χ0n) is 14.2. The first-order valence-corrected chi connectivity index (χ1v) is 11.5. The fraction of sp³-hybridized carbons (Fsp3) is 0.136. The highest BCUT2D eigenvalue weighted by atomic mass is 32.2. The van der Waals surface area contributed by atoms with Gasteiger partial charge in [0.05, 0.1) is 0 Å². The molecule has 0 spiro atoms. The predicted molar refractivity (Wildman–Crippen MR) is 110 cm³/mol. The number of carbonyl (C=O) groups is 1. The Bertz CT molecular complexity index is 926. The first-order chi connectivity index (χ1) is 12.7. The summed E-state index contributed by atoms with van der Waals surface area (Å²) in [5.74, 6) is 0.562. The second-order valence-electron chi connectivity index (χ2n) is 6.46. The van der Waals surface area contributed by atoms with Gasteiger partial charge in [0.1, 0.15) is 7.14 Å². The number of carbonyl (C=O) groups excluding carboxylic acids is 1. The van der Waals surface area contributed by atoms with Crippen LogP contribution in [0.1, 0.15) is 10.4 Å². The Morgan fingerprint density at radius 1 is 0.808 bits per heavy atom. The van der Waals surface area contributed by atoms with Gasteiger partial charge in [-0.15, -0.1) is 11.8 Å². The van der Waals surface area contributed by atoms with E-state index in [0.717, 1.165) is 21.1 Å². The molecule has 0 radical (unpaired) electrons. The van der Waals surface area contributed by atoms with Gasteiger partial charge in [0.2, 0.25) is 0 Å². The van der Waals surface area contributed by atoms with Crippen LogP contribution in [0.25, 0.3) is 0 Å². The van der Waals surface area contributed by atoms with Gasteiger partial charge in [0.25, 0.3) is 0 Å². The van der Waals surface area contributed by atoms with Crippen molar-refractivity contribution < 1.29 is 9.36 Å². The normalized spacial score (nSPS) is 16.9. The van der Waals surface area contributed by atoms with E-state index in [2.05, 4.69) is 0 Å². The summed E-state index contributed by atoms with van der Waals surface area (Å²) in [5, 5.41) is 1.64. The summed E-state index contributed by atoms with van der Waals surface area (Å²) in [6.45, 7) is 0. The van der Waals surface area contributed by atoms with Crippen molar-refractivity contribution in [2.24, 2.45) is 5.92 Å². The smallest absolute Gasteiger partial charge is 0.168 e. The average Bonchev–Trinajstić information content (AvgIpc) is 2.71. The number of hydrogen-bond donors (Lipinski definition) is 0. The molecule has 1 heterocycles. The topological polar surface area (TPSA) is 34.1 Å². The molecule has 0 aromatic heterocycles. The molecule has 0 N–H and O–H groups in total. The standard InChI is InChI=1S/C22H19O2PS/c23-22-17(16-26-21-14-8-7-13-20(21)22)15-25(24,18-9-3-1-4-10-18)19-11-5-2-6-12-19/h1-14,17H,15-16H2. The SMILES string of the molecule is O=C1c2ccccc2SCC1CP(=O)(c1ccccc1)c1ccccc1. The van der Waals surface area contributed by atoms with Gasteiger partial charge in [-0.05, 0) is 6.07 Å². The van der Waals surface area contributed by atoms with Crippen molar-refractivity contribution in [2.75, 3.05) is 11.9 Å². The summed E-state index contributed by atoms with van der Waals surface area (Å²) < 4.78 is 14.2. The second kappa shape index (κ2) is 7.26.